The van der Waals surface area contributed by atoms with Crippen molar-refractivity contribution >= 4 is 23.7 Å². The molecule has 45 heavy (non-hydrogen) atoms. The summed E-state index contributed by atoms with van der Waals surface area (Å²) in [5.41, 5.74) is -2.14. The van der Waals surface area contributed by atoms with Crippen molar-refractivity contribution in [3.63, 3.8) is 0 Å². The van der Waals surface area contributed by atoms with E-state index >= 15 is 0 Å². The first-order valence-corrected chi connectivity index (χ1v) is 15.6. The summed E-state index contributed by atoms with van der Waals surface area (Å²) < 4.78 is 24.4. The molecule has 0 amide bonds. The Labute approximate surface area is 262 Å². The summed E-state index contributed by atoms with van der Waals surface area (Å²) in [7, 11) is 0. The summed E-state index contributed by atoms with van der Waals surface area (Å²) in [5, 5.41) is 11.9. The molecule has 0 radical (unpaired) electrons. The maximum atomic E-state index is 14.5. The van der Waals surface area contributed by atoms with Gasteiger partial charge < -0.3 is 24.1 Å². The van der Waals surface area contributed by atoms with Crippen LogP contribution in [0.15, 0.2) is 72.3 Å². The lowest BCUT2D eigenvalue weighted by Crippen LogP contribution is -2.43. The Bertz CT molecular complexity index is 1550. The van der Waals surface area contributed by atoms with E-state index in [1.54, 1.807) is 80.6 Å². The second-order valence-electron chi connectivity index (χ2n) is 13.8. The molecule has 0 unspecified atom stereocenters. The van der Waals surface area contributed by atoms with Crippen LogP contribution in [0.5, 0.6) is 0 Å². The Morgan fingerprint density at radius 2 is 1.38 bits per heavy atom. The molecule has 0 aromatic heterocycles. The molecule has 0 bridgehead atoms. The van der Waals surface area contributed by atoms with Crippen molar-refractivity contribution in [2.75, 3.05) is 0 Å². The molecule has 1 N–H and O–H groups in total. The van der Waals surface area contributed by atoms with E-state index in [1.807, 2.05) is 20.8 Å². The second-order valence-corrected chi connectivity index (χ2v) is 13.8. The molecule has 238 valence electrons. The lowest BCUT2D eigenvalue weighted by atomic mass is 9.80. The Hall–Kier alpha value is -3.82. The SMILES string of the molecule is CC(=O)O[C@H]1[C@@H]2[C@H]([C@H](OC(=O)c3ccccc3)[C@H](O)/C(C)=C/[C@@]34O[C@@]3(C[C@H](C)[C@@H]4OC(=O)c3ccccc3)C(=O)[C@@H]1C)C2(C)C. The highest BCUT2D eigenvalue weighted by molar-refractivity contribution is 5.96. The summed E-state index contributed by atoms with van der Waals surface area (Å²) in [4.78, 5) is 53.6. The van der Waals surface area contributed by atoms with Crippen LogP contribution >= 0.6 is 0 Å². The van der Waals surface area contributed by atoms with Gasteiger partial charge in [0.15, 0.2) is 17.0 Å². The molecule has 1 aliphatic heterocycles. The van der Waals surface area contributed by atoms with Crippen LogP contribution in [0.2, 0.25) is 0 Å². The topological polar surface area (TPSA) is 129 Å². The predicted octanol–water partition coefficient (Wildman–Crippen LogP) is 4.72. The van der Waals surface area contributed by atoms with Crippen LogP contribution in [0.25, 0.3) is 0 Å². The van der Waals surface area contributed by atoms with Gasteiger partial charge in [-0.05, 0) is 60.6 Å². The van der Waals surface area contributed by atoms with Gasteiger partial charge in [0.05, 0.1) is 17.0 Å². The average Bonchev–Trinajstić information content (AvgIpc) is 3.81. The van der Waals surface area contributed by atoms with Gasteiger partial charge in [0, 0.05) is 18.8 Å². The molecule has 2 saturated carbocycles. The zero-order chi connectivity index (χ0) is 32.5. The zero-order valence-electron chi connectivity index (χ0n) is 26.4. The normalized spacial score (nSPS) is 39.0. The molecule has 6 rings (SSSR count). The molecule has 1 heterocycles. The van der Waals surface area contributed by atoms with Gasteiger partial charge >= 0.3 is 17.9 Å². The number of epoxide rings is 1. The van der Waals surface area contributed by atoms with Gasteiger partial charge in [-0.3, -0.25) is 9.59 Å². The summed E-state index contributed by atoms with van der Waals surface area (Å²) in [6, 6.07) is 17.1. The number of rotatable bonds is 5. The summed E-state index contributed by atoms with van der Waals surface area (Å²) >= 11 is 0. The lowest BCUT2D eigenvalue weighted by molar-refractivity contribution is -0.154. The molecule has 2 aromatic rings. The fourth-order valence-corrected chi connectivity index (χ4v) is 8.22. The van der Waals surface area contributed by atoms with Crippen LogP contribution in [0.3, 0.4) is 0 Å². The summed E-state index contributed by atoms with van der Waals surface area (Å²) in [6.07, 6.45) is -2.05. The summed E-state index contributed by atoms with van der Waals surface area (Å²) in [6.45, 7) is 10.6. The van der Waals surface area contributed by atoms with Crippen LogP contribution in [0.1, 0.15) is 68.7 Å². The highest BCUT2D eigenvalue weighted by Gasteiger charge is 2.84. The van der Waals surface area contributed by atoms with Gasteiger partial charge in [-0.15, -0.1) is 0 Å². The largest absolute Gasteiger partial charge is 0.461 e. The van der Waals surface area contributed by atoms with Gasteiger partial charge in [0.2, 0.25) is 0 Å². The molecule has 2 aromatic carbocycles. The maximum absolute atomic E-state index is 14.5. The molecule has 4 aliphatic rings. The van der Waals surface area contributed by atoms with Gasteiger partial charge in [0.25, 0.3) is 0 Å². The van der Waals surface area contributed by atoms with E-state index in [-0.39, 0.29) is 18.1 Å². The minimum atomic E-state index is -1.36. The number of hydrogen-bond donors (Lipinski definition) is 1. The number of hydrogen-bond acceptors (Lipinski definition) is 9. The number of esters is 3. The monoisotopic (exact) mass is 616 g/mol. The number of carbonyl (C=O) groups is 4. The molecule has 9 nitrogen and oxygen atoms in total. The standard InChI is InChI=1S/C36H40O9/c1-19-17-36-31(44-33(41)24-15-11-8-12-16-24)20(2)18-35(36,45-36)30(39)21(3)28(42-22(4)37)25-26(34(25,5)6)29(27(19)38)43-32(40)23-13-9-7-10-14-23/h7-17,20-21,25-29,31,38H,18H2,1-6H3/b19-17+/t20-,21+,25-,26+,27+,28+,29-,31-,35-,36-/m0/s1. The number of ketones is 1. The van der Waals surface area contributed by atoms with E-state index < -0.39 is 76.7 Å². The highest BCUT2D eigenvalue weighted by Crippen LogP contribution is 2.68. The first kappa shape index (κ1) is 31.2. The van der Waals surface area contributed by atoms with Crippen molar-refractivity contribution < 1.29 is 43.2 Å². The minimum absolute atomic E-state index is 0.251. The number of aliphatic hydroxyl groups is 1. The number of benzene rings is 2. The molecular weight excluding hydrogens is 576 g/mol. The van der Waals surface area contributed by atoms with E-state index in [2.05, 4.69) is 0 Å². The van der Waals surface area contributed by atoms with E-state index in [0.717, 1.165) is 0 Å². The smallest absolute Gasteiger partial charge is 0.338 e. The molecular formula is C36H40O9. The number of aliphatic hydroxyl groups excluding tert-OH is 1. The number of Topliss-reactive ketones (excluding diaryl/α,β-unsaturated/α-hetero) is 1. The minimum Gasteiger partial charge on any atom is -0.461 e. The van der Waals surface area contributed by atoms with Gasteiger partial charge in [-0.25, -0.2) is 9.59 Å². The molecule has 10 atom stereocenters. The Balaban J connectivity index is 1.44. The van der Waals surface area contributed by atoms with Crippen molar-refractivity contribution in [2.24, 2.45) is 29.1 Å². The van der Waals surface area contributed by atoms with Gasteiger partial charge in [-0.1, -0.05) is 64.1 Å². The van der Waals surface area contributed by atoms with Gasteiger partial charge in [0.1, 0.15) is 24.4 Å². The third-order valence-corrected chi connectivity index (χ3v) is 10.5. The number of fused-ring (bicyclic) bond motifs is 1. The van der Waals surface area contributed by atoms with E-state index in [0.29, 0.717) is 16.7 Å². The van der Waals surface area contributed by atoms with Gasteiger partial charge in [-0.2, -0.15) is 0 Å². The molecule has 3 fully saturated rings. The Kier molecular flexibility index (Phi) is 7.56. The first-order chi connectivity index (χ1) is 21.2. The van der Waals surface area contributed by atoms with Crippen LogP contribution < -0.4 is 0 Å². The Morgan fingerprint density at radius 1 is 0.844 bits per heavy atom. The maximum Gasteiger partial charge on any atom is 0.338 e. The van der Waals surface area contributed by atoms with Crippen LogP contribution in [-0.4, -0.2) is 64.4 Å². The molecule has 0 spiro atoms. The van der Waals surface area contributed by atoms with Crippen LogP contribution in [0.4, 0.5) is 0 Å². The summed E-state index contributed by atoms with van der Waals surface area (Å²) in [5.74, 6) is -3.84. The van der Waals surface area contributed by atoms with E-state index in [4.69, 9.17) is 18.9 Å². The van der Waals surface area contributed by atoms with Crippen molar-refractivity contribution in [2.45, 2.75) is 83.6 Å². The second kappa shape index (κ2) is 10.9. The highest BCUT2D eigenvalue weighted by atomic mass is 16.7. The van der Waals surface area contributed by atoms with E-state index in [9.17, 15) is 24.3 Å². The fourth-order valence-electron chi connectivity index (χ4n) is 8.22. The molecule has 3 aliphatic carbocycles. The van der Waals surface area contributed by atoms with Crippen LogP contribution in [0, 0.1) is 29.1 Å². The molecule has 1 saturated heterocycles. The van der Waals surface area contributed by atoms with Crippen molar-refractivity contribution in [1.82, 2.24) is 0 Å². The quantitative estimate of drug-likeness (QED) is 0.220. The number of ether oxygens (including phenoxy) is 4. The van der Waals surface area contributed by atoms with Crippen molar-refractivity contribution in [3.05, 3.63) is 83.4 Å². The average molecular weight is 617 g/mol. The third kappa shape index (κ3) is 4.91. The molecule has 9 heteroatoms. The first-order valence-electron chi connectivity index (χ1n) is 15.6. The van der Waals surface area contributed by atoms with Crippen molar-refractivity contribution in [3.8, 4) is 0 Å². The van der Waals surface area contributed by atoms with Crippen LogP contribution in [-0.2, 0) is 28.5 Å². The fraction of sp³-hybridized carbons (Fsp3) is 0.500. The third-order valence-electron chi connectivity index (χ3n) is 10.5. The number of carbonyl (C=O) groups excluding carboxylic acids is 4. The van der Waals surface area contributed by atoms with Crippen molar-refractivity contribution in [1.29, 1.82) is 0 Å². The van der Waals surface area contributed by atoms with E-state index in [1.165, 1.54) is 6.92 Å². The predicted molar refractivity (Wildman–Crippen MR) is 162 cm³/mol. The zero-order valence-corrected chi connectivity index (χ0v) is 26.4. The lowest BCUT2D eigenvalue weighted by Gasteiger charge is -2.28. The Morgan fingerprint density at radius 3 is 1.93 bits per heavy atom.